The summed E-state index contributed by atoms with van der Waals surface area (Å²) >= 11 is 0. The zero-order chi connectivity index (χ0) is 12.7. The van der Waals surface area contributed by atoms with Crippen LogP contribution in [0.3, 0.4) is 0 Å². The molecule has 0 bridgehead atoms. The number of nitrogens with one attached hydrogen (secondary N) is 1. The van der Waals surface area contributed by atoms with Gasteiger partial charge in [-0.2, -0.15) is 0 Å². The quantitative estimate of drug-likeness (QED) is 0.849. The van der Waals surface area contributed by atoms with Gasteiger partial charge in [-0.05, 0) is 42.7 Å². The normalized spacial score (nSPS) is 15.2. The van der Waals surface area contributed by atoms with E-state index in [9.17, 15) is 0 Å². The van der Waals surface area contributed by atoms with Crippen LogP contribution in [0.25, 0.3) is 10.8 Å². The van der Waals surface area contributed by atoms with Gasteiger partial charge >= 0.3 is 0 Å². The van der Waals surface area contributed by atoms with Gasteiger partial charge in [0.05, 0.1) is 0 Å². The topological polar surface area (TPSA) is 28.8 Å². The summed E-state index contributed by atoms with van der Waals surface area (Å²) in [6, 6.07) is 9.28. The van der Waals surface area contributed by atoms with E-state index in [1.54, 1.807) is 0 Å². The second kappa shape index (κ2) is 4.27. The molecular weight excluding hydrogens is 220 g/mol. The minimum Gasteiger partial charge on any atom is -0.327 e. The minimum absolute atomic E-state index is 0.585. The molecule has 0 spiro atoms. The Morgan fingerprint density at radius 1 is 1.22 bits per heavy atom. The Kier molecular flexibility index (Phi) is 2.73. The van der Waals surface area contributed by atoms with E-state index in [0.29, 0.717) is 6.04 Å². The van der Waals surface area contributed by atoms with Gasteiger partial charge in [0.15, 0.2) is 0 Å². The standard InChI is InChI=1S/C16H20N2/c1-3-11-6-5-7-12-10-13(4-2)18(14-8-9-14)16(17)15(11)12/h5-7,10,14,17H,3-4,8-9H2,1-2H3. The third-order valence-corrected chi connectivity index (χ3v) is 3.95. The third-order valence-electron chi connectivity index (χ3n) is 3.95. The Balaban J connectivity index is 2.39. The lowest BCUT2D eigenvalue weighted by Gasteiger charge is -2.15. The Labute approximate surface area is 108 Å². The molecule has 0 unspecified atom stereocenters. The number of nitrogens with zero attached hydrogens (tertiary/aromatic N) is 1. The Morgan fingerprint density at radius 3 is 2.61 bits per heavy atom. The highest BCUT2D eigenvalue weighted by molar-refractivity contribution is 5.85. The number of hydrogen-bond donors (Lipinski definition) is 1. The molecule has 1 aliphatic carbocycles. The SMILES string of the molecule is CCc1cccc2cc(CC)n(C3CC3)c(=N)c12. The molecule has 2 aromatic rings. The van der Waals surface area contributed by atoms with Gasteiger partial charge in [-0.15, -0.1) is 0 Å². The van der Waals surface area contributed by atoms with Crippen LogP contribution in [0.15, 0.2) is 24.3 Å². The Bertz CT molecular complexity index is 648. The van der Waals surface area contributed by atoms with Gasteiger partial charge in [0, 0.05) is 17.1 Å². The van der Waals surface area contributed by atoms with Crippen molar-refractivity contribution in [3.05, 3.63) is 41.0 Å². The number of hydrogen-bond acceptors (Lipinski definition) is 1. The van der Waals surface area contributed by atoms with Crippen molar-refractivity contribution in [1.82, 2.24) is 4.57 Å². The third kappa shape index (κ3) is 1.67. The van der Waals surface area contributed by atoms with E-state index in [0.717, 1.165) is 23.7 Å². The molecule has 1 aromatic carbocycles. The van der Waals surface area contributed by atoms with Crippen LogP contribution in [-0.2, 0) is 12.8 Å². The largest absolute Gasteiger partial charge is 0.327 e. The van der Waals surface area contributed by atoms with Crippen molar-refractivity contribution in [2.45, 2.75) is 45.6 Å². The molecule has 2 nitrogen and oxygen atoms in total. The summed E-state index contributed by atoms with van der Waals surface area (Å²) in [5.74, 6) is 0. The molecule has 2 heteroatoms. The number of benzene rings is 1. The zero-order valence-electron chi connectivity index (χ0n) is 11.2. The molecule has 1 heterocycles. The fourth-order valence-corrected chi connectivity index (χ4v) is 2.86. The van der Waals surface area contributed by atoms with E-state index in [2.05, 4.69) is 42.7 Å². The molecule has 18 heavy (non-hydrogen) atoms. The lowest BCUT2D eigenvalue weighted by Crippen LogP contribution is -2.23. The second-order valence-corrected chi connectivity index (χ2v) is 5.17. The van der Waals surface area contributed by atoms with Crippen LogP contribution < -0.4 is 5.49 Å². The summed E-state index contributed by atoms with van der Waals surface area (Å²) in [6.07, 6.45) is 4.49. The molecular formula is C16H20N2. The average molecular weight is 240 g/mol. The van der Waals surface area contributed by atoms with Crippen LogP contribution in [0.2, 0.25) is 0 Å². The first-order chi connectivity index (χ1) is 8.76. The van der Waals surface area contributed by atoms with E-state index < -0.39 is 0 Å². The summed E-state index contributed by atoms with van der Waals surface area (Å²) in [5.41, 5.74) is 3.34. The number of aromatic nitrogens is 1. The van der Waals surface area contributed by atoms with E-state index in [1.165, 1.54) is 29.5 Å². The fourth-order valence-electron chi connectivity index (χ4n) is 2.86. The molecule has 0 amide bonds. The first kappa shape index (κ1) is 11.5. The Morgan fingerprint density at radius 2 is 2.00 bits per heavy atom. The lowest BCUT2D eigenvalue weighted by atomic mass is 10.0. The van der Waals surface area contributed by atoms with Gasteiger partial charge in [0.2, 0.25) is 0 Å². The molecule has 1 N–H and O–H groups in total. The van der Waals surface area contributed by atoms with Crippen molar-refractivity contribution in [2.75, 3.05) is 0 Å². The molecule has 1 saturated carbocycles. The van der Waals surface area contributed by atoms with Crippen molar-refractivity contribution in [3.63, 3.8) is 0 Å². The van der Waals surface area contributed by atoms with Crippen molar-refractivity contribution in [1.29, 1.82) is 5.41 Å². The lowest BCUT2D eigenvalue weighted by molar-refractivity contribution is 0.651. The molecule has 94 valence electrons. The molecule has 1 aromatic heterocycles. The molecule has 0 atom stereocenters. The summed E-state index contributed by atoms with van der Waals surface area (Å²) in [5, 5.41) is 10.9. The van der Waals surface area contributed by atoms with Gasteiger partial charge in [-0.1, -0.05) is 32.0 Å². The minimum atomic E-state index is 0.585. The smallest absolute Gasteiger partial charge is 0.133 e. The maximum Gasteiger partial charge on any atom is 0.133 e. The van der Waals surface area contributed by atoms with Crippen LogP contribution in [0.5, 0.6) is 0 Å². The maximum atomic E-state index is 8.56. The molecule has 1 aliphatic rings. The van der Waals surface area contributed by atoms with Crippen LogP contribution in [0, 0.1) is 5.41 Å². The summed E-state index contributed by atoms with van der Waals surface area (Å²) in [4.78, 5) is 0. The van der Waals surface area contributed by atoms with Gasteiger partial charge in [0.1, 0.15) is 5.49 Å². The number of aryl methyl sites for hydroxylation is 2. The van der Waals surface area contributed by atoms with Crippen molar-refractivity contribution < 1.29 is 0 Å². The van der Waals surface area contributed by atoms with Crippen LogP contribution >= 0.6 is 0 Å². The maximum absolute atomic E-state index is 8.56. The monoisotopic (exact) mass is 240 g/mol. The predicted molar refractivity (Wildman–Crippen MR) is 74.8 cm³/mol. The first-order valence-corrected chi connectivity index (χ1v) is 6.96. The number of pyridine rings is 1. The van der Waals surface area contributed by atoms with Gasteiger partial charge in [-0.3, -0.25) is 5.41 Å². The highest BCUT2D eigenvalue weighted by Gasteiger charge is 2.26. The van der Waals surface area contributed by atoms with E-state index >= 15 is 0 Å². The predicted octanol–water partition coefficient (Wildman–Crippen LogP) is 3.58. The number of fused-ring (bicyclic) bond motifs is 1. The second-order valence-electron chi connectivity index (χ2n) is 5.17. The van der Waals surface area contributed by atoms with Gasteiger partial charge < -0.3 is 4.57 Å². The molecule has 1 fully saturated rings. The van der Waals surface area contributed by atoms with E-state index in [-0.39, 0.29) is 0 Å². The van der Waals surface area contributed by atoms with E-state index in [4.69, 9.17) is 5.41 Å². The van der Waals surface area contributed by atoms with Crippen LogP contribution in [0.4, 0.5) is 0 Å². The van der Waals surface area contributed by atoms with E-state index in [1.807, 2.05) is 0 Å². The van der Waals surface area contributed by atoms with Crippen molar-refractivity contribution >= 4 is 10.8 Å². The average Bonchev–Trinajstić information content (AvgIpc) is 3.21. The van der Waals surface area contributed by atoms with Crippen molar-refractivity contribution in [3.8, 4) is 0 Å². The summed E-state index contributed by atoms with van der Waals surface area (Å²) < 4.78 is 2.27. The van der Waals surface area contributed by atoms with Crippen molar-refractivity contribution in [2.24, 2.45) is 0 Å². The zero-order valence-corrected chi connectivity index (χ0v) is 11.2. The molecule has 3 rings (SSSR count). The Hall–Kier alpha value is -1.57. The van der Waals surface area contributed by atoms with Crippen LogP contribution in [-0.4, -0.2) is 4.57 Å². The van der Waals surface area contributed by atoms with Gasteiger partial charge in [0.25, 0.3) is 0 Å². The summed E-state index contributed by atoms with van der Waals surface area (Å²) in [7, 11) is 0. The highest BCUT2D eigenvalue weighted by Crippen LogP contribution is 2.35. The first-order valence-electron chi connectivity index (χ1n) is 6.96. The summed E-state index contributed by atoms with van der Waals surface area (Å²) in [6.45, 7) is 4.35. The fraction of sp³-hybridized carbons (Fsp3) is 0.438. The molecule has 0 aliphatic heterocycles. The van der Waals surface area contributed by atoms with Gasteiger partial charge in [-0.25, -0.2) is 0 Å². The highest BCUT2D eigenvalue weighted by atomic mass is 15.1. The molecule has 0 radical (unpaired) electrons. The van der Waals surface area contributed by atoms with Crippen LogP contribution in [0.1, 0.15) is 44.0 Å². The molecule has 0 saturated heterocycles. The number of rotatable bonds is 3.